The lowest BCUT2D eigenvalue weighted by Gasteiger charge is -2.56. The van der Waals surface area contributed by atoms with E-state index in [1.165, 1.54) is 4.90 Å². The molecule has 1 aromatic rings. The lowest BCUT2D eigenvalue weighted by molar-refractivity contribution is -0.167. The molecule has 1 saturated carbocycles. The largest absolute Gasteiger partial charge is 0.480 e. The van der Waals surface area contributed by atoms with Gasteiger partial charge in [-0.3, -0.25) is 14.5 Å². The zero-order valence-corrected chi connectivity index (χ0v) is 21.0. The van der Waals surface area contributed by atoms with Crippen LogP contribution in [0.5, 0.6) is 0 Å². The van der Waals surface area contributed by atoms with Gasteiger partial charge in [-0.1, -0.05) is 0 Å². The fourth-order valence-corrected chi connectivity index (χ4v) is 5.90. The van der Waals surface area contributed by atoms with Crippen molar-refractivity contribution in [2.75, 3.05) is 26.3 Å². The van der Waals surface area contributed by atoms with E-state index in [-0.39, 0.29) is 17.5 Å². The van der Waals surface area contributed by atoms with Gasteiger partial charge in [-0.05, 0) is 82.4 Å². The summed E-state index contributed by atoms with van der Waals surface area (Å²) in [5.41, 5.74) is -2.02. The summed E-state index contributed by atoms with van der Waals surface area (Å²) in [6.07, 6.45) is 3.11. The molecule has 0 radical (unpaired) electrons. The summed E-state index contributed by atoms with van der Waals surface area (Å²) in [5.74, 6) is -3.48. The Bertz CT molecular complexity index is 1000. The number of hydrogen-bond acceptors (Lipinski definition) is 5. The third-order valence-electron chi connectivity index (χ3n) is 7.79. The molecule has 2 aliphatic heterocycles. The maximum Gasteiger partial charge on any atom is 0.411 e. The lowest BCUT2D eigenvalue weighted by atomic mass is 9.62. The van der Waals surface area contributed by atoms with Gasteiger partial charge in [-0.15, -0.1) is 0 Å². The Kier molecular flexibility index (Phi) is 7.02. The van der Waals surface area contributed by atoms with Gasteiger partial charge >= 0.3 is 12.1 Å². The first kappa shape index (κ1) is 26.3. The van der Waals surface area contributed by atoms with Crippen molar-refractivity contribution in [2.45, 2.75) is 76.5 Å². The third-order valence-corrected chi connectivity index (χ3v) is 7.79. The Morgan fingerprint density at radius 2 is 1.64 bits per heavy atom. The molecule has 1 atom stereocenters. The van der Waals surface area contributed by atoms with Gasteiger partial charge in [0.15, 0.2) is 0 Å². The van der Waals surface area contributed by atoms with Gasteiger partial charge in [0.05, 0.1) is 6.04 Å². The van der Waals surface area contributed by atoms with Gasteiger partial charge in [0.2, 0.25) is 5.91 Å². The molecule has 10 heteroatoms. The van der Waals surface area contributed by atoms with Gasteiger partial charge < -0.3 is 19.5 Å². The zero-order chi connectivity index (χ0) is 26.3. The van der Waals surface area contributed by atoms with Crippen LogP contribution in [0, 0.1) is 17.0 Å². The number of rotatable bonds is 3. The van der Waals surface area contributed by atoms with Crippen LogP contribution in [0.2, 0.25) is 0 Å². The van der Waals surface area contributed by atoms with Gasteiger partial charge in [0.1, 0.15) is 29.3 Å². The maximum absolute atomic E-state index is 14.1. The summed E-state index contributed by atoms with van der Waals surface area (Å²) >= 11 is 0. The molecule has 4 rings (SSSR count). The van der Waals surface area contributed by atoms with Crippen LogP contribution in [0.25, 0.3) is 0 Å². The van der Waals surface area contributed by atoms with Crippen LogP contribution in [-0.4, -0.2) is 70.3 Å². The van der Waals surface area contributed by atoms with Crippen LogP contribution in [0.4, 0.5) is 13.6 Å². The number of aliphatic carboxylic acids is 1. The number of halogens is 2. The highest BCUT2D eigenvalue weighted by Crippen LogP contribution is 2.52. The Hall–Kier alpha value is -2.75. The maximum atomic E-state index is 14.1. The first-order valence-electron chi connectivity index (χ1n) is 12.4. The summed E-state index contributed by atoms with van der Waals surface area (Å²) in [5, 5.41) is 9.61. The summed E-state index contributed by atoms with van der Waals surface area (Å²) in [7, 11) is 0. The van der Waals surface area contributed by atoms with Gasteiger partial charge in [0.25, 0.3) is 0 Å². The Morgan fingerprint density at radius 1 is 1.06 bits per heavy atom. The van der Waals surface area contributed by atoms with Crippen molar-refractivity contribution in [2.24, 2.45) is 5.41 Å². The standard InChI is InChI=1S/C26H34F2N2O6/c1-24(2,3)36-23(34)30-15-20(17-12-18(27)14-19(28)13-17)29(16-21(31)32)22(33)26(30)6-4-25(5-7-26)8-10-35-11-9-25/h12-14,20H,4-11,15-16H2,1-3H3,(H,31,32). The number of carbonyl (C=O) groups is 3. The quantitative estimate of drug-likeness (QED) is 0.655. The normalized spacial score (nSPS) is 23.7. The van der Waals surface area contributed by atoms with E-state index < -0.39 is 53.3 Å². The fraction of sp³-hybridized carbons (Fsp3) is 0.654. The van der Waals surface area contributed by atoms with E-state index >= 15 is 0 Å². The minimum absolute atomic E-state index is 0.0174. The Labute approximate surface area is 209 Å². The molecule has 1 aliphatic carbocycles. The van der Waals surface area contributed by atoms with Crippen molar-refractivity contribution < 1.29 is 37.7 Å². The lowest BCUT2D eigenvalue weighted by Crippen LogP contribution is -2.70. The molecule has 36 heavy (non-hydrogen) atoms. The number of carboxylic acids is 1. The highest BCUT2D eigenvalue weighted by atomic mass is 19.1. The number of carboxylic acid groups (broad SMARTS) is 1. The van der Waals surface area contributed by atoms with Crippen molar-refractivity contribution in [3.63, 3.8) is 0 Å². The number of piperazine rings is 1. The van der Waals surface area contributed by atoms with Crippen molar-refractivity contribution in [3.8, 4) is 0 Å². The minimum Gasteiger partial charge on any atom is -0.480 e. The monoisotopic (exact) mass is 508 g/mol. The second kappa shape index (κ2) is 9.61. The average molecular weight is 509 g/mol. The fourth-order valence-electron chi connectivity index (χ4n) is 5.90. The van der Waals surface area contributed by atoms with Crippen LogP contribution >= 0.6 is 0 Å². The average Bonchev–Trinajstić information content (AvgIpc) is 2.77. The van der Waals surface area contributed by atoms with Crippen LogP contribution in [-0.2, 0) is 19.1 Å². The molecule has 198 valence electrons. The van der Waals surface area contributed by atoms with Crippen molar-refractivity contribution in [1.29, 1.82) is 0 Å². The van der Waals surface area contributed by atoms with E-state index in [9.17, 15) is 28.3 Å². The van der Waals surface area contributed by atoms with Crippen LogP contribution < -0.4 is 0 Å². The SMILES string of the molecule is CC(C)(C)OC(=O)N1CC(c2cc(F)cc(F)c2)N(CC(=O)O)C(=O)C12CCC1(CCOCC1)CC2. The first-order chi connectivity index (χ1) is 16.8. The second-order valence-electron chi connectivity index (χ2n) is 11.3. The number of amides is 2. The summed E-state index contributed by atoms with van der Waals surface area (Å²) in [6.45, 7) is 5.67. The molecular formula is C26H34F2N2O6. The smallest absolute Gasteiger partial charge is 0.411 e. The Morgan fingerprint density at radius 3 is 2.17 bits per heavy atom. The van der Waals surface area contributed by atoms with Crippen LogP contribution in [0.15, 0.2) is 18.2 Å². The number of benzene rings is 1. The molecule has 3 fully saturated rings. The van der Waals surface area contributed by atoms with E-state index in [2.05, 4.69) is 0 Å². The number of ether oxygens (including phenoxy) is 2. The molecule has 0 bridgehead atoms. The van der Waals surface area contributed by atoms with Crippen molar-refractivity contribution in [1.82, 2.24) is 9.80 Å². The molecule has 1 N–H and O–H groups in total. The molecular weight excluding hydrogens is 474 g/mol. The third kappa shape index (κ3) is 5.19. The van der Waals surface area contributed by atoms with E-state index in [1.54, 1.807) is 20.8 Å². The first-order valence-corrected chi connectivity index (χ1v) is 12.4. The van der Waals surface area contributed by atoms with Crippen molar-refractivity contribution in [3.05, 3.63) is 35.4 Å². The molecule has 1 unspecified atom stereocenters. The van der Waals surface area contributed by atoms with Crippen LogP contribution in [0.3, 0.4) is 0 Å². The molecule has 2 heterocycles. The summed E-state index contributed by atoms with van der Waals surface area (Å²) < 4.78 is 39.4. The molecule has 3 aliphatic rings. The van der Waals surface area contributed by atoms with Crippen molar-refractivity contribution >= 4 is 18.0 Å². The number of carbonyl (C=O) groups excluding carboxylic acids is 2. The molecule has 0 aromatic heterocycles. The van der Waals surface area contributed by atoms with Gasteiger partial charge in [0, 0.05) is 25.8 Å². The van der Waals surface area contributed by atoms with E-state index in [1.807, 2.05) is 0 Å². The van der Waals surface area contributed by atoms with E-state index in [4.69, 9.17) is 9.47 Å². The van der Waals surface area contributed by atoms with Crippen LogP contribution in [0.1, 0.15) is 70.9 Å². The highest BCUT2D eigenvalue weighted by molar-refractivity contribution is 5.93. The molecule has 1 aromatic carbocycles. The minimum atomic E-state index is -1.29. The zero-order valence-electron chi connectivity index (χ0n) is 21.0. The molecule has 2 spiro atoms. The molecule has 2 saturated heterocycles. The van der Waals surface area contributed by atoms with Gasteiger partial charge in [-0.25, -0.2) is 13.6 Å². The summed E-state index contributed by atoms with van der Waals surface area (Å²) in [6, 6.07) is 1.80. The Balaban J connectivity index is 1.75. The summed E-state index contributed by atoms with van der Waals surface area (Å²) in [4.78, 5) is 42.0. The molecule has 8 nitrogen and oxygen atoms in total. The predicted molar refractivity (Wildman–Crippen MR) is 125 cm³/mol. The highest BCUT2D eigenvalue weighted by Gasteiger charge is 2.58. The van der Waals surface area contributed by atoms with E-state index in [0.29, 0.717) is 45.0 Å². The number of nitrogens with zero attached hydrogens (tertiary/aromatic N) is 2. The predicted octanol–water partition coefficient (Wildman–Crippen LogP) is 4.28. The number of hydrogen-bond donors (Lipinski definition) is 1. The van der Waals surface area contributed by atoms with E-state index in [0.717, 1.165) is 29.9 Å². The topological polar surface area (TPSA) is 96.4 Å². The van der Waals surface area contributed by atoms with Gasteiger partial charge in [-0.2, -0.15) is 0 Å². The molecule has 2 amide bonds. The second-order valence-corrected chi connectivity index (χ2v) is 11.3.